The van der Waals surface area contributed by atoms with E-state index in [0.717, 1.165) is 32.6 Å². The summed E-state index contributed by atoms with van der Waals surface area (Å²) >= 11 is 0. The Labute approximate surface area is 81.1 Å². The van der Waals surface area contributed by atoms with Gasteiger partial charge >= 0.3 is 0 Å². The fourth-order valence-electron chi connectivity index (χ4n) is 1.74. The number of nitrogens with zero attached hydrogens (tertiary/aromatic N) is 1. The maximum absolute atomic E-state index is 9.58. The zero-order valence-corrected chi connectivity index (χ0v) is 9.01. The van der Waals surface area contributed by atoms with Crippen LogP contribution in [0.2, 0.25) is 0 Å². The Morgan fingerprint density at radius 2 is 2.23 bits per heavy atom. The van der Waals surface area contributed by atoms with Crippen LogP contribution in [0.5, 0.6) is 0 Å². The molecule has 0 aliphatic carbocycles. The van der Waals surface area contributed by atoms with Gasteiger partial charge in [-0.05, 0) is 20.3 Å². The van der Waals surface area contributed by atoms with Crippen molar-refractivity contribution in [2.75, 3.05) is 26.2 Å². The number of hydrogen-bond acceptors (Lipinski definition) is 3. The normalized spacial score (nSPS) is 25.8. The van der Waals surface area contributed by atoms with E-state index >= 15 is 0 Å². The number of aliphatic hydroxyl groups excluding tert-OH is 1. The number of nitrogens with one attached hydrogen (secondary N) is 1. The van der Waals surface area contributed by atoms with Crippen molar-refractivity contribution in [2.24, 2.45) is 0 Å². The van der Waals surface area contributed by atoms with Crippen molar-refractivity contribution in [3.8, 4) is 0 Å². The average Bonchev–Trinajstić information content (AvgIpc) is 2.08. The number of β-amino-alcohol motifs (C(OH)–C–C–N with tert-alkyl or cyclic N) is 1. The molecule has 1 saturated heterocycles. The number of aliphatic hydroxyl groups is 1. The van der Waals surface area contributed by atoms with E-state index < -0.39 is 0 Å². The Balaban J connectivity index is 2.46. The Bertz CT molecular complexity index is 159. The van der Waals surface area contributed by atoms with Crippen LogP contribution in [0, 0.1) is 0 Å². The van der Waals surface area contributed by atoms with Crippen molar-refractivity contribution in [1.29, 1.82) is 0 Å². The SMILES string of the molecule is CC[C@H](O)CN1CCNCC1(C)C. The third-order valence-electron chi connectivity index (χ3n) is 2.87. The van der Waals surface area contributed by atoms with Gasteiger partial charge in [0.2, 0.25) is 0 Å². The number of hydrogen-bond donors (Lipinski definition) is 2. The van der Waals surface area contributed by atoms with Gasteiger partial charge in [-0.1, -0.05) is 6.92 Å². The Hall–Kier alpha value is -0.120. The maximum atomic E-state index is 9.58. The third-order valence-corrected chi connectivity index (χ3v) is 2.87. The first-order chi connectivity index (χ1) is 6.06. The minimum Gasteiger partial charge on any atom is -0.392 e. The van der Waals surface area contributed by atoms with Gasteiger partial charge in [0, 0.05) is 31.7 Å². The zero-order chi connectivity index (χ0) is 9.90. The quantitative estimate of drug-likeness (QED) is 0.671. The van der Waals surface area contributed by atoms with E-state index in [4.69, 9.17) is 0 Å². The topological polar surface area (TPSA) is 35.5 Å². The van der Waals surface area contributed by atoms with Crippen molar-refractivity contribution < 1.29 is 5.11 Å². The molecule has 1 heterocycles. The molecule has 1 aliphatic rings. The molecule has 2 N–H and O–H groups in total. The van der Waals surface area contributed by atoms with Crippen LogP contribution in [-0.2, 0) is 0 Å². The first-order valence-electron chi connectivity index (χ1n) is 5.20. The molecule has 1 rings (SSSR count). The van der Waals surface area contributed by atoms with Gasteiger partial charge in [-0.25, -0.2) is 0 Å². The smallest absolute Gasteiger partial charge is 0.0664 e. The maximum Gasteiger partial charge on any atom is 0.0664 e. The van der Waals surface area contributed by atoms with E-state index in [9.17, 15) is 5.11 Å². The van der Waals surface area contributed by atoms with Crippen molar-refractivity contribution >= 4 is 0 Å². The van der Waals surface area contributed by atoms with Gasteiger partial charge in [-0.3, -0.25) is 4.90 Å². The summed E-state index contributed by atoms with van der Waals surface area (Å²) < 4.78 is 0. The first kappa shape index (κ1) is 11.0. The van der Waals surface area contributed by atoms with E-state index in [-0.39, 0.29) is 11.6 Å². The van der Waals surface area contributed by atoms with Gasteiger partial charge in [-0.2, -0.15) is 0 Å². The van der Waals surface area contributed by atoms with Crippen LogP contribution in [0.1, 0.15) is 27.2 Å². The van der Waals surface area contributed by atoms with Crippen LogP contribution in [0.25, 0.3) is 0 Å². The highest BCUT2D eigenvalue weighted by atomic mass is 16.3. The lowest BCUT2D eigenvalue weighted by Crippen LogP contribution is -2.59. The summed E-state index contributed by atoms with van der Waals surface area (Å²) in [5.74, 6) is 0. The molecule has 78 valence electrons. The Morgan fingerprint density at radius 3 is 2.77 bits per heavy atom. The number of rotatable bonds is 3. The average molecular weight is 186 g/mol. The molecule has 3 nitrogen and oxygen atoms in total. The summed E-state index contributed by atoms with van der Waals surface area (Å²) in [5, 5.41) is 13.0. The predicted octanol–water partition coefficient (Wildman–Crippen LogP) is 0.441. The standard InChI is InChI=1S/C10H22N2O/c1-4-9(13)7-12-6-5-11-8-10(12,2)3/h9,11,13H,4-8H2,1-3H3/t9-/m0/s1. The van der Waals surface area contributed by atoms with E-state index in [1.807, 2.05) is 6.92 Å². The second-order valence-corrected chi connectivity index (χ2v) is 4.50. The molecule has 1 fully saturated rings. The summed E-state index contributed by atoms with van der Waals surface area (Å²) in [6.45, 7) is 10.4. The van der Waals surface area contributed by atoms with Crippen LogP contribution in [-0.4, -0.2) is 47.8 Å². The van der Waals surface area contributed by atoms with Gasteiger partial charge in [0.25, 0.3) is 0 Å². The molecular weight excluding hydrogens is 164 g/mol. The first-order valence-corrected chi connectivity index (χ1v) is 5.20. The summed E-state index contributed by atoms with van der Waals surface area (Å²) in [5.41, 5.74) is 0.189. The second-order valence-electron chi connectivity index (χ2n) is 4.50. The van der Waals surface area contributed by atoms with Gasteiger partial charge in [0.05, 0.1) is 6.10 Å². The lowest BCUT2D eigenvalue weighted by Gasteiger charge is -2.43. The molecule has 0 radical (unpaired) electrons. The van der Waals surface area contributed by atoms with Crippen LogP contribution in [0.3, 0.4) is 0 Å². The van der Waals surface area contributed by atoms with Crippen molar-refractivity contribution in [2.45, 2.75) is 38.8 Å². The summed E-state index contributed by atoms with van der Waals surface area (Å²) in [6, 6.07) is 0. The molecule has 0 aromatic rings. The second kappa shape index (κ2) is 4.40. The van der Waals surface area contributed by atoms with E-state index in [0.29, 0.717) is 0 Å². The number of piperazine rings is 1. The molecule has 0 bridgehead atoms. The Kier molecular flexibility index (Phi) is 3.71. The highest BCUT2D eigenvalue weighted by Gasteiger charge is 2.30. The summed E-state index contributed by atoms with van der Waals surface area (Å²) in [6.07, 6.45) is 0.678. The molecule has 0 aromatic heterocycles. The molecule has 0 aromatic carbocycles. The van der Waals surface area contributed by atoms with Crippen LogP contribution in [0.4, 0.5) is 0 Å². The molecule has 3 heteroatoms. The summed E-state index contributed by atoms with van der Waals surface area (Å²) in [4.78, 5) is 2.37. The fraction of sp³-hybridized carbons (Fsp3) is 1.00. The minimum atomic E-state index is -0.169. The molecule has 1 atom stereocenters. The van der Waals surface area contributed by atoms with Gasteiger partial charge in [-0.15, -0.1) is 0 Å². The third kappa shape index (κ3) is 2.93. The molecular formula is C10H22N2O. The Morgan fingerprint density at radius 1 is 1.54 bits per heavy atom. The van der Waals surface area contributed by atoms with Crippen LogP contribution in [0.15, 0.2) is 0 Å². The van der Waals surface area contributed by atoms with Crippen LogP contribution < -0.4 is 5.32 Å². The lowest BCUT2D eigenvalue weighted by atomic mass is 9.99. The zero-order valence-electron chi connectivity index (χ0n) is 9.01. The highest BCUT2D eigenvalue weighted by molar-refractivity contribution is 4.89. The molecule has 13 heavy (non-hydrogen) atoms. The van der Waals surface area contributed by atoms with Crippen molar-refractivity contribution in [1.82, 2.24) is 10.2 Å². The van der Waals surface area contributed by atoms with Crippen molar-refractivity contribution in [3.05, 3.63) is 0 Å². The van der Waals surface area contributed by atoms with Crippen LogP contribution >= 0.6 is 0 Å². The molecule has 0 unspecified atom stereocenters. The largest absolute Gasteiger partial charge is 0.392 e. The molecule has 1 aliphatic heterocycles. The van der Waals surface area contributed by atoms with E-state index in [2.05, 4.69) is 24.1 Å². The molecule has 0 amide bonds. The fourth-order valence-corrected chi connectivity index (χ4v) is 1.74. The van der Waals surface area contributed by atoms with E-state index in [1.165, 1.54) is 0 Å². The molecule has 0 saturated carbocycles. The monoisotopic (exact) mass is 186 g/mol. The van der Waals surface area contributed by atoms with Gasteiger partial charge in [0.15, 0.2) is 0 Å². The minimum absolute atomic E-state index is 0.169. The van der Waals surface area contributed by atoms with Crippen molar-refractivity contribution in [3.63, 3.8) is 0 Å². The van der Waals surface area contributed by atoms with Gasteiger partial charge < -0.3 is 10.4 Å². The van der Waals surface area contributed by atoms with Gasteiger partial charge in [0.1, 0.15) is 0 Å². The highest BCUT2D eigenvalue weighted by Crippen LogP contribution is 2.16. The lowest BCUT2D eigenvalue weighted by molar-refractivity contribution is 0.0334. The predicted molar refractivity (Wildman–Crippen MR) is 54.8 cm³/mol. The molecule has 0 spiro atoms. The van der Waals surface area contributed by atoms with E-state index in [1.54, 1.807) is 0 Å². The summed E-state index contributed by atoms with van der Waals surface area (Å²) in [7, 11) is 0.